The topological polar surface area (TPSA) is 84.9 Å². The minimum Gasteiger partial charge on any atom is -0.375 e. The molecule has 0 spiro atoms. The number of amides is 3. The van der Waals surface area contributed by atoms with Gasteiger partial charge in [0.25, 0.3) is 0 Å². The molecule has 164 valence electrons. The molecule has 1 fully saturated rings. The molecular formula is C21H40N2O5. The Hall–Kier alpha value is -1.47. The Morgan fingerprint density at radius 2 is 1.61 bits per heavy atom. The van der Waals surface area contributed by atoms with Crippen LogP contribution < -0.4 is 5.32 Å². The van der Waals surface area contributed by atoms with Crippen molar-refractivity contribution in [1.82, 2.24) is 10.2 Å². The van der Waals surface area contributed by atoms with E-state index < -0.39 is 5.60 Å². The fourth-order valence-electron chi connectivity index (χ4n) is 2.73. The number of hydrogen-bond donors (Lipinski definition) is 1. The molecule has 1 heterocycles. The second-order valence-electron chi connectivity index (χ2n) is 8.13. The van der Waals surface area contributed by atoms with E-state index in [1.165, 1.54) is 4.90 Å². The van der Waals surface area contributed by atoms with Crippen molar-refractivity contribution in [2.75, 3.05) is 26.8 Å². The normalized spacial score (nSPS) is 17.4. The van der Waals surface area contributed by atoms with Gasteiger partial charge in [-0.1, -0.05) is 20.8 Å². The van der Waals surface area contributed by atoms with Crippen molar-refractivity contribution in [2.45, 2.75) is 85.4 Å². The molecule has 28 heavy (non-hydrogen) atoms. The van der Waals surface area contributed by atoms with E-state index in [9.17, 15) is 14.4 Å². The molecular weight excluding hydrogens is 360 g/mol. The fraction of sp³-hybridized carbons (Fsp3) is 0.857. The Morgan fingerprint density at radius 3 is 2.11 bits per heavy atom. The number of nitrogens with one attached hydrogen (secondary N) is 1. The summed E-state index contributed by atoms with van der Waals surface area (Å²) in [5, 5.41) is 2.56. The van der Waals surface area contributed by atoms with Crippen LogP contribution in [0.2, 0.25) is 0 Å². The molecule has 1 rings (SSSR count). The van der Waals surface area contributed by atoms with Crippen LogP contribution in [0.4, 0.5) is 0 Å². The quantitative estimate of drug-likeness (QED) is 0.539. The predicted molar refractivity (Wildman–Crippen MR) is 110 cm³/mol. The molecule has 0 radical (unpaired) electrons. The van der Waals surface area contributed by atoms with Crippen molar-refractivity contribution in [3.8, 4) is 0 Å². The highest BCUT2D eigenvalue weighted by Gasteiger charge is 2.36. The van der Waals surface area contributed by atoms with Crippen LogP contribution in [-0.4, -0.2) is 60.6 Å². The maximum Gasteiger partial charge on any atom is 0.232 e. The lowest BCUT2D eigenvalue weighted by Crippen LogP contribution is -2.37. The van der Waals surface area contributed by atoms with Gasteiger partial charge in [0.2, 0.25) is 17.7 Å². The summed E-state index contributed by atoms with van der Waals surface area (Å²) < 4.78 is 11.7. The molecule has 1 atom stereocenters. The average Bonchev–Trinajstić information content (AvgIpc) is 2.86. The van der Waals surface area contributed by atoms with E-state index in [2.05, 4.69) is 5.32 Å². The second kappa shape index (κ2) is 12.2. The van der Waals surface area contributed by atoms with E-state index in [0.717, 1.165) is 0 Å². The summed E-state index contributed by atoms with van der Waals surface area (Å²) in [5.41, 5.74) is -0.828. The highest BCUT2D eigenvalue weighted by atomic mass is 16.5. The van der Waals surface area contributed by atoms with Crippen LogP contribution in [-0.2, 0) is 23.9 Å². The van der Waals surface area contributed by atoms with Gasteiger partial charge in [-0.05, 0) is 40.5 Å². The van der Waals surface area contributed by atoms with Crippen LogP contribution in [0.15, 0.2) is 0 Å². The number of hydrogen-bond acceptors (Lipinski definition) is 5. The Balaban J connectivity index is 0.00000352. The van der Waals surface area contributed by atoms with Crippen LogP contribution in [0.5, 0.6) is 0 Å². The molecule has 0 aromatic rings. The van der Waals surface area contributed by atoms with E-state index in [1.54, 1.807) is 14.0 Å². The van der Waals surface area contributed by atoms with E-state index >= 15 is 0 Å². The van der Waals surface area contributed by atoms with Crippen molar-refractivity contribution in [2.24, 2.45) is 5.92 Å². The lowest BCUT2D eigenvalue weighted by atomic mass is 10.0. The minimum absolute atomic E-state index is 0.0430. The molecule has 0 bridgehead atoms. The van der Waals surface area contributed by atoms with Crippen molar-refractivity contribution in [3.05, 3.63) is 0 Å². The van der Waals surface area contributed by atoms with E-state index in [0.29, 0.717) is 45.4 Å². The summed E-state index contributed by atoms with van der Waals surface area (Å²) >= 11 is 0. The molecule has 7 heteroatoms. The first kappa shape index (κ1) is 26.5. The number of ether oxygens (including phenoxy) is 2. The van der Waals surface area contributed by atoms with Gasteiger partial charge in [0.1, 0.15) is 0 Å². The van der Waals surface area contributed by atoms with Crippen molar-refractivity contribution in [3.63, 3.8) is 0 Å². The van der Waals surface area contributed by atoms with Crippen molar-refractivity contribution < 1.29 is 23.9 Å². The molecule has 1 aliphatic rings. The zero-order valence-corrected chi connectivity index (χ0v) is 19.0. The maximum absolute atomic E-state index is 12.0. The molecule has 1 aliphatic heterocycles. The number of rotatable bonds is 11. The highest BCUT2D eigenvalue weighted by Crippen LogP contribution is 2.23. The molecule has 0 aliphatic carbocycles. The third-order valence-corrected chi connectivity index (χ3v) is 4.70. The number of imide groups is 1. The van der Waals surface area contributed by atoms with Gasteiger partial charge in [-0.15, -0.1) is 0 Å². The first-order valence-corrected chi connectivity index (χ1v) is 10.3. The van der Waals surface area contributed by atoms with Gasteiger partial charge in [0.05, 0.1) is 24.4 Å². The molecule has 3 amide bonds. The Morgan fingerprint density at radius 1 is 1.07 bits per heavy atom. The first-order valence-electron chi connectivity index (χ1n) is 10.3. The van der Waals surface area contributed by atoms with Crippen LogP contribution in [0, 0.1) is 5.92 Å². The molecule has 0 aromatic carbocycles. The Bertz CT molecular complexity index is 517. The number of carbonyl (C=O) groups is 3. The van der Waals surface area contributed by atoms with Crippen molar-refractivity contribution in [1.29, 1.82) is 0 Å². The van der Waals surface area contributed by atoms with Crippen LogP contribution in [0.25, 0.3) is 0 Å². The average molecular weight is 401 g/mol. The van der Waals surface area contributed by atoms with Gasteiger partial charge in [-0.2, -0.15) is 0 Å². The largest absolute Gasteiger partial charge is 0.375 e. The van der Waals surface area contributed by atoms with Gasteiger partial charge in [0, 0.05) is 32.4 Å². The van der Waals surface area contributed by atoms with Crippen LogP contribution in [0.3, 0.4) is 0 Å². The smallest absolute Gasteiger partial charge is 0.232 e. The molecule has 0 aromatic heterocycles. The summed E-state index contributed by atoms with van der Waals surface area (Å²) in [6.45, 7) is 14.9. The number of carbonyl (C=O) groups excluding carboxylic acids is 3. The zero-order chi connectivity index (χ0) is 22.0. The molecule has 0 saturated carbocycles. The van der Waals surface area contributed by atoms with E-state index in [-0.39, 0.29) is 29.2 Å². The monoisotopic (exact) mass is 400 g/mol. The molecule has 1 N–H and O–H groups in total. The molecule has 7 nitrogen and oxygen atoms in total. The summed E-state index contributed by atoms with van der Waals surface area (Å²) in [5.74, 6) is -0.432. The lowest BCUT2D eigenvalue weighted by molar-refractivity contribution is -0.140. The van der Waals surface area contributed by atoms with Crippen LogP contribution >= 0.6 is 0 Å². The first-order chi connectivity index (χ1) is 13.0. The van der Waals surface area contributed by atoms with Gasteiger partial charge < -0.3 is 14.8 Å². The number of likely N-dealkylation sites (tertiary alicyclic amines) is 1. The van der Waals surface area contributed by atoms with Gasteiger partial charge in [0.15, 0.2) is 0 Å². The third-order valence-electron chi connectivity index (χ3n) is 4.70. The zero-order valence-electron chi connectivity index (χ0n) is 19.0. The maximum atomic E-state index is 12.0. The fourth-order valence-corrected chi connectivity index (χ4v) is 2.73. The number of nitrogens with zero attached hydrogens (tertiary/aromatic N) is 1. The minimum atomic E-state index is -0.440. The van der Waals surface area contributed by atoms with Crippen molar-refractivity contribution >= 4 is 17.7 Å². The third kappa shape index (κ3) is 9.64. The second-order valence-corrected chi connectivity index (χ2v) is 8.13. The summed E-state index contributed by atoms with van der Waals surface area (Å²) in [6, 6.07) is 0. The molecule has 1 saturated heterocycles. The van der Waals surface area contributed by atoms with Gasteiger partial charge in [-0.3, -0.25) is 19.3 Å². The Kier molecular flexibility index (Phi) is 11.5. The SMILES string of the molecule is CC.CNC(=O)CCOC(C)(C)CCOC(C)(C)CCN1C(=O)CC(C)C1=O. The Labute approximate surface area is 170 Å². The highest BCUT2D eigenvalue weighted by molar-refractivity contribution is 6.03. The summed E-state index contributed by atoms with van der Waals surface area (Å²) in [4.78, 5) is 36.4. The standard InChI is InChI=1S/C19H34N2O5.C2H6/c1-14-13-16(23)21(17(14)24)10-8-18(2,3)26-12-9-19(4,5)25-11-7-15(22)20-6;1-2/h14H,7-13H2,1-6H3,(H,20,22);1-2H3. The molecule has 1 unspecified atom stereocenters. The van der Waals surface area contributed by atoms with E-state index in [4.69, 9.17) is 9.47 Å². The van der Waals surface area contributed by atoms with Gasteiger partial charge >= 0.3 is 0 Å². The predicted octanol–water partition coefficient (Wildman–Crippen LogP) is 2.91. The lowest BCUT2D eigenvalue weighted by Gasteiger charge is -2.30. The van der Waals surface area contributed by atoms with Crippen LogP contribution in [0.1, 0.15) is 74.1 Å². The summed E-state index contributed by atoms with van der Waals surface area (Å²) in [6.07, 6.45) is 1.92. The summed E-state index contributed by atoms with van der Waals surface area (Å²) in [7, 11) is 1.60. The van der Waals surface area contributed by atoms with Gasteiger partial charge in [-0.25, -0.2) is 0 Å². The van der Waals surface area contributed by atoms with E-state index in [1.807, 2.05) is 41.5 Å².